The average Bonchev–Trinajstić information content (AvgIpc) is 2.51. The van der Waals surface area contributed by atoms with Crippen LogP contribution in [0.25, 0.3) is 0 Å². The van der Waals surface area contributed by atoms with E-state index in [-0.39, 0.29) is 12.1 Å². The molecule has 1 aromatic carbocycles. The van der Waals surface area contributed by atoms with E-state index in [1.807, 2.05) is 0 Å². The maximum absolute atomic E-state index is 10.9. The molecule has 3 atom stereocenters. The van der Waals surface area contributed by atoms with Crippen LogP contribution in [0.1, 0.15) is 76.0 Å². The van der Waals surface area contributed by atoms with E-state index in [0.29, 0.717) is 5.92 Å². The topological polar surface area (TPSA) is 23.5 Å². The Labute approximate surface area is 130 Å². The zero-order chi connectivity index (χ0) is 15.2. The molecule has 2 nitrogen and oxygen atoms in total. The Bertz CT molecular complexity index is 423. The van der Waals surface area contributed by atoms with E-state index in [1.165, 1.54) is 31.2 Å². The van der Waals surface area contributed by atoms with Crippen LogP contribution in [0.3, 0.4) is 0 Å². The van der Waals surface area contributed by atoms with Crippen molar-refractivity contribution >= 4 is 0 Å². The quantitative estimate of drug-likeness (QED) is 0.799. The lowest BCUT2D eigenvalue weighted by molar-refractivity contribution is 0.0294. The van der Waals surface area contributed by atoms with Crippen LogP contribution >= 0.6 is 0 Å². The molecule has 1 N–H and O–H groups in total. The first-order chi connectivity index (χ1) is 10.2. The summed E-state index contributed by atoms with van der Waals surface area (Å²) in [6.07, 6.45) is 5.64. The largest absolute Gasteiger partial charge is 0.387 e. The first-order valence-electron chi connectivity index (χ1n) is 8.69. The first-order valence-corrected chi connectivity index (χ1v) is 8.69. The number of aliphatic hydroxyl groups is 1. The lowest BCUT2D eigenvalue weighted by atomic mass is 9.78. The van der Waals surface area contributed by atoms with Crippen molar-refractivity contribution < 1.29 is 5.11 Å². The first kappa shape index (κ1) is 16.5. The van der Waals surface area contributed by atoms with Crippen molar-refractivity contribution in [1.29, 1.82) is 0 Å². The van der Waals surface area contributed by atoms with Gasteiger partial charge in [-0.15, -0.1) is 0 Å². The molecule has 0 saturated heterocycles. The molecule has 0 aliphatic heterocycles. The molecule has 1 aromatic rings. The Balaban J connectivity index is 2.17. The molecule has 21 heavy (non-hydrogen) atoms. The molecule has 0 radical (unpaired) electrons. The smallest absolute Gasteiger partial charge is 0.0948 e. The molecule has 0 fully saturated rings. The van der Waals surface area contributed by atoms with Gasteiger partial charge in [-0.1, -0.05) is 57.9 Å². The van der Waals surface area contributed by atoms with Gasteiger partial charge in [-0.05, 0) is 49.4 Å². The molecule has 1 aliphatic rings. The summed E-state index contributed by atoms with van der Waals surface area (Å²) in [5.74, 6) is 0.542. The van der Waals surface area contributed by atoms with Crippen LogP contribution in [-0.4, -0.2) is 29.1 Å². The fourth-order valence-corrected chi connectivity index (χ4v) is 3.57. The van der Waals surface area contributed by atoms with Crippen molar-refractivity contribution in [3.8, 4) is 0 Å². The lowest BCUT2D eigenvalue weighted by Gasteiger charge is -2.41. The number of benzene rings is 1. The lowest BCUT2D eigenvalue weighted by Crippen LogP contribution is -2.44. The van der Waals surface area contributed by atoms with Gasteiger partial charge in [-0.2, -0.15) is 0 Å². The van der Waals surface area contributed by atoms with Gasteiger partial charge in [0.2, 0.25) is 0 Å². The summed E-state index contributed by atoms with van der Waals surface area (Å²) in [7, 11) is 0. The van der Waals surface area contributed by atoms with Crippen LogP contribution in [-0.2, 0) is 0 Å². The second-order valence-electron chi connectivity index (χ2n) is 6.52. The third-order valence-corrected chi connectivity index (χ3v) is 4.87. The predicted molar refractivity (Wildman–Crippen MR) is 89.6 cm³/mol. The van der Waals surface area contributed by atoms with E-state index in [0.717, 1.165) is 25.1 Å². The molecule has 0 saturated carbocycles. The Morgan fingerprint density at radius 2 is 1.62 bits per heavy atom. The summed E-state index contributed by atoms with van der Waals surface area (Å²) in [6.45, 7) is 9.02. The number of hydrogen-bond donors (Lipinski definition) is 1. The molecular formula is C19H31NO. The maximum Gasteiger partial charge on any atom is 0.0948 e. The molecular weight excluding hydrogens is 258 g/mol. The van der Waals surface area contributed by atoms with Crippen LogP contribution in [0.4, 0.5) is 0 Å². The summed E-state index contributed by atoms with van der Waals surface area (Å²) in [5.41, 5.74) is 2.49. The van der Waals surface area contributed by atoms with Crippen molar-refractivity contribution in [2.45, 2.75) is 70.9 Å². The van der Waals surface area contributed by atoms with Crippen molar-refractivity contribution in [2.24, 2.45) is 0 Å². The van der Waals surface area contributed by atoms with E-state index >= 15 is 0 Å². The summed E-state index contributed by atoms with van der Waals surface area (Å²) >= 11 is 0. The van der Waals surface area contributed by atoms with Crippen LogP contribution < -0.4 is 0 Å². The molecule has 2 rings (SSSR count). The van der Waals surface area contributed by atoms with E-state index < -0.39 is 0 Å². The van der Waals surface area contributed by atoms with Gasteiger partial charge in [0.1, 0.15) is 0 Å². The van der Waals surface area contributed by atoms with Crippen molar-refractivity contribution in [1.82, 2.24) is 4.90 Å². The Hall–Kier alpha value is -0.860. The Morgan fingerprint density at radius 1 is 1.05 bits per heavy atom. The maximum atomic E-state index is 10.9. The molecule has 3 unspecified atom stereocenters. The van der Waals surface area contributed by atoms with Crippen LogP contribution in [0, 0.1) is 0 Å². The van der Waals surface area contributed by atoms with Gasteiger partial charge in [0, 0.05) is 6.04 Å². The highest BCUT2D eigenvalue weighted by atomic mass is 16.3. The van der Waals surface area contributed by atoms with Gasteiger partial charge >= 0.3 is 0 Å². The molecule has 0 bridgehead atoms. The molecule has 1 aliphatic carbocycles. The van der Waals surface area contributed by atoms with Crippen LogP contribution in [0.2, 0.25) is 0 Å². The van der Waals surface area contributed by atoms with Gasteiger partial charge < -0.3 is 5.11 Å². The summed E-state index contributed by atoms with van der Waals surface area (Å²) in [4.78, 5) is 2.55. The Morgan fingerprint density at radius 3 is 2.19 bits per heavy atom. The van der Waals surface area contributed by atoms with Gasteiger partial charge in [-0.25, -0.2) is 0 Å². The number of nitrogens with zero attached hydrogens (tertiary/aromatic N) is 1. The standard InChI is InChI=1S/C19H31NO/c1-4-6-12-20(13-7-5-2)18-14-15(3)16-10-8-9-11-17(16)19(18)21/h8-11,15,18-19,21H,4-7,12-14H2,1-3H3. The summed E-state index contributed by atoms with van der Waals surface area (Å²) in [5, 5.41) is 10.9. The number of fused-ring (bicyclic) bond motifs is 1. The SMILES string of the molecule is CCCCN(CCCC)C1CC(C)c2ccccc2C1O. The minimum atomic E-state index is -0.328. The fraction of sp³-hybridized carbons (Fsp3) is 0.684. The highest BCUT2D eigenvalue weighted by molar-refractivity contribution is 5.35. The predicted octanol–water partition coefficient (Wildman–Crippen LogP) is 4.50. The highest BCUT2D eigenvalue weighted by Gasteiger charge is 2.34. The van der Waals surface area contributed by atoms with Gasteiger partial charge in [0.25, 0.3) is 0 Å². The Kier molecular flexibility index (Phi) is 6.25. The van der Waals surface area contributed by atoms with Crippen molar-refractivity contribution in [2.75, 3.05) is 13.1 Å². The number of hydrogen-bond acceptors (Lipinski definition) is 2. The normalized spacial score (nSPS) is 25.1. The molecule has 118 valence electrons. The third-order valence-electron chi connectivity index (χ3n) is 4.87. The minimum Gasteiger partial charge on any atom is -0.387 e. The van der Waals surface area contributed by atoms with Crippen molar-refractivity contribution in [3.05, 3.63) is 35.4 Å². The minimum absolute atomic E-state index is 0.285. The average molecular weight is 289 g/mol. The highest BCUT2D eigenvalue weighted by Crippen LogP contribution is 2.39. The summed E-state index contributed by atoms with van der Waals surface area (Å²) in [6, 6.07) is 8.73. The summed E-state index contributed by atoms with van der Waals surface area (Å²) < 4.78 is 0. The second-order valence-corrected chi connectivity index (χ2v) is 6.52. The van der Waals surface area contributed by atoms with E-state index in [9.17, 15) is 5.11 Å². The zero-order valence-corrected chi connectivity index (χ0v) is 13.9. The number of rotatable bonds is 7. The van der Waals surface area contributed by atoms with Gasteiger partial charge in [0.05, 0.1) is 6.10 Å². The molecule has 0 aromatic heterocycles. The zero-order valence-electron chi connectivity index (χ0n) is 13.9. The van der Waals surface area contributed by atoms with E-state index in [2.05, 4.69) is 49.9 Å². The van der Waals surface area contributed by atoms with E-state index in [1.54, 1.807) is 0 Å². The van der Waals surface area contributed by atoms with Crippen molar-refractivity contribution in [3.63, 3.8) is 0 Å². The molecule has 0 heterocycles. The monoisotopic (exact) mass is 289 g/mol. The van der Waals surface area contributed by atoms with Crippen LogP contribution in [0.5, 0.6) is 0 Å². The number of unbranched alkanes of at least 4 members (excludes halogenated alkanes) is 2. The van der Waals surface area contributed by atoms with Crippen LogP contribution in [0.15, 0.2) is 24.3 Å². The third kappa shape index (κ3) is 3.87. The molecule has 0 spiro atoms. The van der Waals surface area contributed by atoms with Gasteiger partial charge in [-0.3, -0.25) is 4.90 Å². The fourth-order valence-electron chi connectivity index (χ4n) is 3.57. The van der Waals surface area contributed by atoms with E-state index in [4.69, 9.17) is 0 Å². The molecule has 2 heteroatoms. The second kappa shape index (κ2) is 7.95. The number of aliphatic hydroxyl groups excluding tert-OH is 1. The molecule has 0 amide bonds. The van der Waals surface area contributed by atoms with Gasteiger partial charge in [0.15, 0.2) is 0 Å².